The average molecular weight is 366 g/mol. The number of carboxylic acids is 1. The smallest absolute Gasteiger partial charge is 0.337 e. The standard InChI is InChI=1S/C15H10BrClN2O2/c1-8-18-14-10(15(20)21)3-2-4-13(14)19(8)12-6-5-9(16)7-11(12)17/h2-7H,1H3,(H,20,21). The van der Waals surface area contributed by atoms with Crippen LogP contribution in [0.25, 0.3) is 16.7 Å². The molecule has 1 aromatic heterocycles. The lowest BCUT2D eigenvalue weighted by Gasteiger charge is -2.09. The van der Waals surface area contributed by atoms with Crippen LogP contribution in [0, 0.1) is 6.92 Å². The Morgan fingerprint density at radius 2 is 2.10 bits per heavy atom. The van der Waals surface area contributed by atoms with Crippen molar-refractivity contribution in [1.29, 1.82) is 0 Å². The van der Waals surface area contributed by atoms with Gasteiger partial charge in [0.05, 0.1) is 21.8 Å². The summed E-state index contributed by atoms with van der Waals surface area (Å²) < 4.78 is 2.74. The first-order valence-corrected chi connectivity index (χ1v) is 7.33. The van der Waals surface area contributed by atoms with E-state index in [2.05, 4.69) is 20.9 Å². The largest absolute Gasteiger partial charge is 0.478 e. The summed E-state index contributed by atoms with van der Waals surface area (Å²) in [5, 5.41) is 9.83. The van der Waals surface area contributed by atoms with Gasteiger partial charge in [-0.3, -0.25) is 4.57 Å². The van der Waals surface area contributed by atoms with E-state index in [0.717, 1.165) is 15.7 Å². The van der Waals surface area contributed by atoms with E-state index in [1.54, 1.807) is 18.2 Å². The maximum atomic E-state index is 11.3. The highest BCUT2D eigenvalue weighted by atomic mass is 79.9. The minimum atomic E-state index is -0.993. The van der Waals surface area contributed by atoms with Crippen molar-refractivity contribution in [3.05, 3.63) is 57.3 Å². The molecule has 4 nitrogen and oxygen atoms in total. The molecule has 1 N–H and O–H groups in total. The summed E-state index contributed by atoms with van der Waals surface area (Å²) in [4.78, 5) is 15.7. The van der Waals surface area contributed by atoms with E-state index in [9.17, 15) is 9.90 Å². The first kappa shape index (κ1) is 14.1. The number of hydrogen-bond acceptors (Lipinski definition) is 2. The molecule has 0 spiro atoms. The summed E-state index contributed by atoms with van der Waals surface area (Å²) in [5.41, 5.74) is 2.13. The number of rotatable bonds is 2. The highest BCUT2D eigenvalue weighted by molar-refractivity contribution is 9.10. The van der Waals surface area contributed by atoms with Gasteiger partial charge in [0, 0.05) is 4.47 Å². The number of carboxylic acid groups (broad SMARTS) is 1. The fraction of sp³-hybridized carbons (Fsp3) is 0.0667. The molecule has 6 heteroatoms. The van der Waals surface area contributed by atoms with Crippen LogP contribution in [-0.2, 0) is 0 Å². The molecule has 21 heavy (non-hydrogen) atoms. The highest BCUT2D eigenvalue weighted by Gasteiger charge is 2.17. The van der Waals surface area contributed by atoms with Gasteiger partial charge in [0.25, 0.3) is 0 Å². The summed E-state index contributed by atoms with van der Waals surface area (Å²) in [6, 6.07) is 10.6. The molecule has 1 heterocycles. The summed E-state index contributed by atoms with van der Waals surface area (Å²) >= 11 is 9.67. The molecular formula is C15H10BrClN2O2. The van der Waals surface area contributed by atoms with E-state index in [1.165, 1.54) is 0 Å². The van der Waals surface area contributed by atoms with Crippen molar-refractivity contribution < 1.29 is 9.90 Å². The van der Waals surface area contributed by atoms with E-state index >= 15 is 0 Å². The van der Waals surface area contributed by atoms with Gasteiger partial charge in [-0.25, -0.2) is 9.78 Å². The number of hydrogen-bond donors (Lipinski definition) is 1. The van der Waals surface area contributed by atoms with E-state index in [4.69, 9.17) is 11.6 Å². The van der Waals surface area contributed by atoms with Gasteiger partial charge in [-0.1, -0.05) is 33.6 Å². The lowest BCUT2D eigenvalue weighted by Crippen LogP contribution is -1.99. The second-order valence-corrected chi connectivity index (χ2v) is 5.89. The van der Waals surface area contributed by atoms with Gasteiger partial charge in [-0.05, 0) is 37.3 Å². The van der Waals surface area contributed by atoms with Crippen LogP contribution in [0.2, 0.25) is 5.02 Å². The quantitative estimate of drug-likeness (QED) is 0.730. The van der Waals surface area contributed by atoms with Gasteiger partial charge in [0.2, 0.25) is 0 Å². The Morgan fingerprint density at radius 1 is 1.33 bits per heavy atom. The third-order valence-electron chi connectivity index (χ3n) is 3.23. The normalized spacial score (nSPS) is 11.0. The Bertz CT molecular complexity index is 873. The first-order valence-electron chi connectivity index (χ1n) is 6.16. The van der Waals surface area contributed by atoms with E-state index in [1.807, 2.05) is 29.7 Å². The van der Waals surface area contributed by atoms with Gasteiger partial charge in [0.15, 0.2) is 0 Å². The molecule has 0 saturated carbocycles. The van der Waals surface area contributed by atoms with Crippen molar-refractivity contribution >= 4 is 44.5 Å². The molecule has 0 aliphatic rings. The zero-order valence-electron chi connectivity index (χ0n) is 11.0. The summed E-state index contributed by atoms with van der Waals surface area (Å²) in [6.07, 6.45) is 0. The molecule has 0 radical (unpaired) electrons. The third-order valence-corrected chi connectivity index (χ3v) is 4.03. The van der Waals surface area contributed by atoms with Crippen LogP contribution in [0.3, 0.4) is 0 Å². The molecule has 0 bridgehead atoms. The van der Waals surface area contributed by atoms with Gasteiger partial charge in [-0.2, -0.15) is 0 Å². The molecule has 0 fully saturated rings. The van der Waals surface area contributed by atoms with Crippen molar-refractivity contribution in [2.75, 3.05) is 0 Å². The number of aryl methyl sites for hydroxylation is 1. The molecule has 0 aliphatic carbocycles. The van der Waals surface area contributed by atoms with Crippen LogP contribution in [0.4, 0.5) is 0 Å². The van der Waals surface area contributed by atoms with E-state index in [0.29, 0.717) is 16.4 Å². The van der Waals surface area contributed by atoms with Crippen molar-refractivity contribution in [3.8, 4) is 5.69 Å². The minimum absolute atomic E-state index is 0.183. The Hall–Kier alpha value is -1.85. The highest BCUT2D eigenvalue weighted by Crippen LogP contribution is 2.30. The Labute approximate surface area is 134 Å². The molecule has 0 unspecified atom stereocenters. The maximum Gasteiger partial charge on any atom is 0.337 e. The lowest BCUT2D eigenvalue weighted by atomic mass is 10.2. The number of carbonyl (C=O) groups is 1. The first-order chi connectivity index (χ1) is 9.99. The van der Waals surface area contributed by atoms with Crippen molar-refractivity contribution in [1.82, 2.24) is 9.55 Å². The molecule has 0 atom stereocenters. The van der Waals surface area contributed by atoms with Crippen molar-refractivity contribution in [2.45, 2.75) is 6.92 Å². The van der Waals surface area contributed by atoms with Gasteiger partial charge >= 0.3 is 5.97 Å². The van der Waals surface area contributed by atoms with Crippen LogP contribution >= 0.6 is 27.5 Å². The number of aromatic nitrogens is 2. The van der Waals surface area contributed by atoms with Crippen LogP contribution in [0.1, 0.15) is 16.2 Å². The SMILES string of the molecule is Cc1nc2c(C(=O)O)cccc2n1-c1ccc(Br)cc1Cl. The molecule has 106 valence electrons. The number of nitrogens with zero attached hydrogens (tertiary/aromatic N) is 2. The topological polar surface area (TPSA) is 55.1 Å². The predicted octanol–water partition coefficient (Wildman–Crippen LogP) is 4.45. The lowest BCUT2D eigenvalue weighted by molar-refractivity contribution is 0.0699. The fourth-order valence-electron chi connectivity index (χ4n) is 2.35. The molecule has 2 aromatic carbocycles. The Kier molecular flexibility index (Phi) is 3.47. The number of aromatic carboxylic acids is 1. The predicted molar refractivity (Wildman–Crippen MR) is 85.5 cm³/mol. The van der Waals surface area contributed by atoms with Crippen LogP contribution in [0.15, 0.2) is 40.9 Å². The van der Waals surface area contributed by atoms with Crippen LogP contribution < -0.4 is 0 Å². The van der Waals surface area contributed by atoms with Crippen LogP contribution in [0.5, 0.6) is 0 Å². The summed E-state index contributed by atoms with van der Waals surface area (Å²) in [7, 11) is 0. The number of para-hydroxylation sites is 1. The second kappa shape index (κ2) is 5.16. The fourth-order valence-corrected chi connectivity index (χ4v) is 3.11. The number of imidazole rings is 1. The number of fused-ring (bicyclic) bond motifs is 1. The molecule has 0 aliphatic heterocycles. The van der Waals surface area contributed by atoms with Crippen molar-refractivity contribution in [3.63, 3.8) is 0 Å². The summed E-state index contributed by atoms with van der Waals surface area (Å²) in [6.45, 7) is 1.82. The number of benzene rings is 2. The molecule has 0 saturated heterocycles. The van der Waals surface area contributed by atoms with Gasteiger partial charge < -0.3 is 5.11 Å². The third kappa shape index (κ3) is 2.32. The van der Waals surface area contributed by atoms with E-state index in [-0.39, 0.29) is 5.56 Å². The molecule has 0 amide bonds. The van der Waals surface area contributed by atoms with E-state index < -0.39 is 5.97 Å². The maximum absolute atomic E-state index is 11.3. The zero-order chi connectivity index (χ0) is 15.1. The molecule has 3 rings (SSSR count). The summed E-state index contributed by atoms with van der Waals surface area (Å²) in [5.74, 6) is -0.310. The van der Waals surface area contributed by atoms with Gasteiger partial charge in [0.1, 0.15) is 11.3 Å². The second-order valence-electron chi connectivity index (χ2n) is 4.57. The molecule has 3 aromatic rings. The number of halogens is 2. The Morgan fingerprint density at radius 3 is 2.76 bits per heavy atom. The van der Waals surface area contributed by atoms with Crippen LogP contribution in [-0.4, -0.2) is 20.6 Å². The minimum Gasteiger partial charge on any atom is -0.478 e. The van der Waals surface area contributed by atoms with Gasteiger partial charge in [-0.15, -0.1) is 0 Å². The average Bonchev–Trinajstić information content (AvgIpc) is 2.74. The zero-order valence-corrected chi connectivity index (χ0v) is 13.3. The monoisotopic (exact) mass is 364 g/mol. The molecular weight excluding hydrogens is 356 g/mol. The van der Waals surface area contributed by atoms with Crippen molar-refractivity contribution in [2.24, 2.45) is 0 Å². The Balaban J connectivity index is 2.36.